The Balaban J connectivity index is 2.21. The normalized spacial score (nSPS) is 22.5. The average molecular weight is 240 g/mol. The van der Waals surface area contributed by atoms with E-state index in [2.05, 4.69) is 10.6 Å². The summed E-state index contributed by atoms with van der Waals surface area (Å²) in [5.74, 6) is -0.741. The number of hydrogen-bond acceptors (Lipinski definition) is 3. The minimum Gasteiger partial charge on any atom is -0.369 e. The summed E-state index contributed by atoms with van der Waals surface area (Å²) in [6.45, 7) is 3.69. The number of nitrogens with one attached hydrogen (secondary N) is 2. The molecule has 1 saturated heterocycles. The maximum Gasteiger partial charge on any atom is 0.224 e. The molecule has 2 atom stereocenters. The lowest BCUT2D eigenvalue weighted by Gasteiger charge is -2.16. The van der Waals surface area contributed by atoms with Crippen LogP contribution in [-0.4, -0.2) is 30.9 Å². The first-order chi connectivity index (χ1) is 8.09. The molecule has 97 valence electrons. The second kappa shape index (κ2) is 7.27. The lowest BCUT2D eigenvalue weighted by atomic mass is 10.0. The van der Waals surface area contributed by atoms with Gasteiger partial charge in [-0.3, -0.25) is 9.59 Å². The monoisotopic (exact) mass is 240 g/mol. The fourth-order valence-electron chi connectivity index (χ4n) is 1.82. The zero-order valence-electron chi connectivity index (χ0n) is 10.4. The molecular formula is C12H22N3O2. The van der Waals surface area contributed by atoms with Gasteiger partial charge in [0.1, 0.15) is 0 Å². The molecule has 5 nitrogen and oxygen atoms in total. The molecule has 1 rings (SSSR count). The second-order valence-electron chi connectivity index (χ2n) is 4.63. The Labute approximate surface area is 103 Å². The number of hydrogen-bond donors (Lipinski definition) is 3. The van der Waals surface area contributed by atoms with Gasteiger partial charge in [-0.05, 0) is 38.8 Å². The van der Waals surface area contributed by atoms with Crippen molar-refractivity contribution >= 4 is 11.8 Å². The standard InChI is InChI=1S/C12H22N3O2/c1-9(12(13)17)4-5-11(16)15-10-3-2-7-14-8-6-10/h5,9-10,14H,2-4,6-8H2,1H3,(H2,13,17)(H,15,16)/t9?,10-/m0/s1. The van der Waals surface area contributed by atoms with E-state index in [9.17, 15) is 9.59 Å². The SMILES string of the molecule is CC(C[CH]C(=O)N[C@H]1CCCNCC1)C(N)=O. The topological polar surface area (TPSA) is 84.2 Å². The van der Waals surface area contributed by atoms with E-state index in [4.69, 9.17) is 5.73 Å². The molecule has 0 aromatic rings. The molecule has 17 heavy (non-hydrogen) atoms. The van der Waals surface area contributed by atoms with Crippen LogP contribution in [0.1, 0.15) is 32.6 Å². The van der Waals surface area contributed by atoms with E-state index < -0.39 is 0 Å². The van der Waals surface area contributed by atoms with Crippen molar-refractivity contribution in [2.45, 2.75) is 38.6 Å². The van der Waals surface area contributed by atoms with Crippen LogP contribution in [0, 0.1) is 12.3 Å². The minimum atomic E-state index is -0.368. The molecule has 1 radical (unpaired) electrons. The molecule has 0 aromatic heterocycles. The summed E-state index contributed by atoms with van der Waals surface area (Å²) in [5, 5.41) is 6.26. The lowest BCUT2D eigenvalue weighted by Crippen LogP contribution is -2.36. The molecule has 0 spiro atoms. The summed E-state index contributed by atoms with van der Waals surface area (Å²) in [7, 11) is 0. The van der Waals surface area contributed by atoms with Gasteiger partial charge in [0.15, 0.2) is 0 Å². The highest BCUT2D eigenvalue weighted by Gasteiger charge is 2.16. The maximum atomic E-state index is 11.6. The van der Waals surface area contributed by atoms with Crippen LogP contribution in [0.15, 0.2) is 0 Å². The number of rotatable bonds is 5. The molecule has 5 heteroatoms. The smallest absolute Gasteiger partial charge is 0.224 e. The van der Waals surface area contributed by atoms with Crippen LogP contribution in [0.3, 0.4) is 0 Å². The summed E-state index contributed by atoms with van der Waals surface area (Å²) in [6.07, 6.45) is 4.99. The predicted molar refractivity (Wildman–Crippen MR) is 65.9 cm³/mol. The van der Waals surface area contributed by atoms with Gasteiger partial charge >= 0.3 is 0 Å². The van der Waals surface area contributed by atoms with Gasteiger partial charge in [-0.25, -0.2) is 0 Å². The lowest BCUT2D eigenvalue weighted by molar-refractivity contribution is -0.121. The largest absolute Gasteiger partial charge is 0.369 e. The van der Waals surface area contributed by atoms with E-state index in [-0.39, 0.29) is 23.8 Å². The maximum absolute atomic E-state index is 11.6. The van der Waals surface area contributed by atoms with E-state index in [1.54, 1.807) is 6.92 Å². The van der Waals surface area contributed by atoms with Crippen molar-refractivity contribution in [2.75, 3.05) is 13.1 Å². The van der Waals surface area contributed by atoms with Crippen LogP contribution >= 0.6 is 0 Å². The fraction of sp³-hybridized carbons (Fsp3) is 0.750. The highest BCUT2D eigenvalue weighted by molar-refractivity contribution is 5.86. The molecule has 2 amide bonds. The number of carbonyl (C=O) groups is 2. The van der Waals surface area contributed by atoms with Crippen molar-refractivity contribution in [3.63, 3.8) is 0 Å². The Morgan fingerprint density at radius 3 is 2.94 bits per heavy atom. The van der Waals surface area contributed by atoms with E-state index >= 15 is 0 Å². The first-order valence-electron chi connectivity index (χ1n) is 6.23. The molecule has 0 saturated carbocycles. The number of amides is 2. The van der Waals surface area contributed by atoms with Crippen molar-refractivity contribution in [3.05, 3.63) is 6.42 Å². The van der Waals surface area contributed by atoms with Crippen LogP contribution in [0.5, 0.6) is 0 Å². The molecule has 1 fully saturated rings. The number of primary amides is 1. The zero-order valence-corrected chi connectivity index (χ0v) is 10.4. The second-order valence-corrected chi connectivity index (χ2v) is 4.63. The first-order valence-corrected chi connectivity index (χ1v) is 6.23. The molecule has 1 unspecified atom stereocenters. The van der Waals surface area contributed by atoms with Gasteiger partial charge in [-0.1, -0.05) is 6.92 Å². The van der Waals surface area contributed by atoms with Gasteiger partial charge in [0, 0.05) is 12.0 Å². The molecule has 1 aliphatic heterocycles. The van der Waals surface area contributed by atoms with E-state index in [0.717, 1.165) is 32.4 Å². The fourth-order valence-corrected chi connectivity index (χ4v) is 1.82. The number of carbonyl (C=O) groups excluding carboxylic acids is 2. The van der Waals surface area contributed by atoms with Gasteiger partial charge in [0.25, 0.3) is 0 Å². The quantitative estimate of drug-likeness (QED) is 0.630. The third-order valence-corrected chi connectivity index (χ3v) is 3.06. The molecule has 0 bridgehead atoms. The summed E-state index contributed by atoms with van der Waals surface area (Å²) in [5.41, 5.74) is 5.13. The molecule has 0 aromatic carbocycles. The Bertz CT molecular complexity index is 260. The van der Waals surface area contributed by atoms with E-state index in [1.807, 2.05) is 0 Å². The van der Waals surface area contributed by atoms with Crippen molar-refractivity contribution in [2.24, 2.45) is 11.7 Å². The summed E-state index contributed by atoms with van der Waals surface area (Å²) in [6, 6.07) is 0.248. The van der Waals surface area contributed by atoms with Gasteiger partial charge in [-0.15, -0.1) is 0 Å². The van der Waals surface area contributed by atoms with Gasteiger partial charge in [-0.2, -0.15) is 0 Å². The highest BCUT2D eigenvalue weighted by Crippen LogP contribution is 2.07. The summed E-state index contributed by atoms with van der Waals surface area (Å²) in [4.78, 5) is 22.4. The summed E-state index contributed by atoms with van der Waals surface area (Å²) < 4.78 is 0. The molecule has 0 aliphatic carbocycles. The molecular weight excluding hydrogens is 218 g/mol. The molecule has 4 N–H and O–H groups in total. The molecule has 1 heterocycles. The Morgan fingerprint density at radius 2 is 2.24 bits per heavy atom. The van der Waals surface area contributed by atoms with Crippen LogP contribution in [0.2, 0.25) is 0 Å². The third-order valence-electron chi connectivity index (χ3n) is 3.06. The Morgan fingerprint density at radius 1 is 1.47 bits per heavy atom. The van der Waals surface area contributed by atoms with Crippen LogP contribution in [0.25, 0.3) is 0 Å². The van der Waals surface area contributed by atoms with E-state index in [0.29, 0.717) is 6.42 Å². The molecule has 1 aliphatic rings. The van der Waals surface area contributed by atoms with Crippen LogP contribution in [-0.2, 0) is 9.59 Å². The zero-order chi connectivity index (χ0) is 12.7. The third kappa shape index (κ3) is 5.68. The Hall–Kier alpha value is -1.10. The predicted octanol–water partition coefficient (Wildman–Crippen LogP) is -0.0395. The summed E-state index contributed by atoms with van der Waals surface area (Å²) >= 11 is 0. The van der Waals surface area contributed by atoms with Crippen molar-refractivity contribution in [1.29, 1.82) is 0 Å². The van der Waals surface area contributed by atoms with Crippen molar-refractivity contribution in [1.82, 2.24) is 10.6 Å². The highest BCUT2D eigenvalue weighted by atomic mass is 16.2. The van der Waals surface area contributed by atoms with Crippen molar-refractivity contribution in [3.8, 4) is 0 Å². The van der Waals surface area contributed by atoms with E-state index in [1.165, 1.54) is 6.42 Å². The van der Waals surface area contributed by atoms with Gasteiger partial charge in [0.05, 0.1) is 6.42 Å². The van der Waals surface area contributed by atoms with Gasteiger partial charge < -0.3 is 16.4 Å². The van der Waals surface area contributed by atoms with Crippen LogP contribution < -0.4 is 16.4 Å². The Kier molecular flexibility index (Phi) is 5.97. The van der Waals surface area contributed by atoms with Gasteiger partial charge in [0.2, 0.25) is 11.8 Å². The average Bonchev–Trinajstić information content (AvgIpc) is 2.54. The first kappa shape index (κ1) is 14.0. The van der Waals surface area contributed by atoms with Crippen LogP contribution in [0.4, 0.5) is 0 Å². The van der Waals surface area contributed by atoms with Crippen molar-refractivity contribution < 1.29 is 9.59 Å². The minimum absolute atomic E-state index is 0.0926. The number of nitrogens with two attached hydrogens (primary N) is 1.